The Balaban J connectivity index is 3.22. The Morgan fingerprint density at radius 2 is 1.70 bits per heavy atom. The van der Waals surface area contributed by atoms with Crippen LogP contribution in [0.1, 0.15) is 36.1 Å². The van der Waals surface area contributed by atoms with Gasteiger partial charge in [-0.25, -0.2) is 0 Å². The molecule has 0 radical (unpaired) electrons. The van der Waals surface area contributed by atoms with Gasteiger partial charge in [-0.15, -0.1) is 0 Å². The molecule has 1 atom stereocenters. The van der Waals surface area contributed by atoms with Gasteiger partial charge in [-0.05, 0) is 57.7 Å². The van der Waals surface area contributed by atoms with Crippen LogP contribution in [0.5, 0.6) is 0 Å². The van der Waals surface area contributed by atoms with Crippen LogP contribution in [0.15, 0.2) is 12.1 Å². The SMILES string of the molecule is CCOC(=O)C(C)(Cc1c(C)cc(C)cc1C)C(=O)O. The van der Waals surface area contributed by atoms with Gasteiger partial charge in [0.15, 0.2) is 5.41 Å². The van der Waals surface area contributed by atoms with E-state index >= 15 is 0 Å². The minimum absolute atomic E-state index is 0.138. The second kappa shape index (κ2) is 6.07. The van der Waals surface area contributed by atoms with Gasteiger partial charge in [-0.1, -0.05) is 17.7 Å². The van der Waals surface area contributed by atoms with Crippen molar-refractivity contribution in [3.05, 3.63) is 34.4 Å². The van der Waals surface area contributed by atoms with Crippen molar-refractivity contribution in [2.24, 2.45) is 5.41 Å². The first kappa shape index (κ1) is 16.2. The van der Waals surface area contributed by atoms with Crippen molar-refractivity contribution in [3.8, 4) is 0 Å². The molecule has 0 bridgehead atoms. The molecule has 20 heavy (non-hydrogen) atoms. The van der Waals surface area contributed by atoms with Crippen molar-refractivity contribution in [1.29, 1.82) is 0 Å². The Bertz CT molecular complexity index is 510. The lowest BCUT2D eigenvalue weighted by atomic mass is 9.80. The third-order valence-electron chi connectivity index (χ3n) is 3.57. The zero-order chi connectivity index (χ0) is 15.5. The lowest BCUT2D eigenvalue weighted by molar-refractivity contribution is -0.167. The summed E-state index contributed by atoms with van der Waals surface area (Å²) >= 11 is 0. The molecule has 1 rings (SSSR count). The number of ether oxygens (including phenoxy) is 1. The number of rotatable bonds is 5. The van der Waals surface area contributed by atoms with Crippen LogP contribution < -0.4 is 0 Å². The lowest BCUT2D eigenvalue weighted by Gasteiger charge is -2.24. The largest absolute Gasteiger partial charge is 0.480 e. The molecule has 1 aromatic carbocycles. The number of benzene rings is 1. The van der Waals surface area contributed by atoms with E-state index in [0.29, 0.717) is 0 Å². The molecule has 0 aliphatic heterocycles. The molecule has 0 heterocycles. The van der Waals surface area contributed by atoms with Crippen LogP contribution in [0.25, 0.3) is 0 Å². The van der Waals surface area contributed by atoms with Gasteiger partial charge in [0.2, 0.25) is 0 Å². The standard InChI is InChI=1S/C16H22O4/c1-6-20-15(19)16(5,14(17)18)9-13-11(3)7-10(2)8-12(13)4/h7-8H,6,9H2,1-5H3,(H,17,18). The number of carbonyl (C=O) groups excluding carboxylic acids is 1. The molecule has 1 unspecified atom stereocenters. The monoisotopic (exact) mass is 278 g/mol. The minimum atomic E-state index is -1.55. The lowest BCUT2D eigenvalue weighted by Crippen LogP contribution is -2.40. The highest BCUT2D eigenvalue weighted by atomic mass is 16.5. The third-order valence-corrected chi connectivity index (χ3v) is 3.57. The summed E-state index contributed by atoms with van der Waals surface area (Å²) in [6, 6.07) is 3.99. The first-order chi connectivity index (χ1) is 9.22. The Kier molecular flexibility index (Phi) is 4.93. The second-order valence-electron chi connectivity index (χ2n) is 5.41. The van der Waals surface area contributed by atoms with Crippen LogP contribution in [0, 0.1) is 26.2 Å². The number of esters is 1. The van der Waals surface area contributed by atoms with Gasteiger partial charge in [0, 0.05) is 0 Å². The topological polar surface area (TPSA) is 63.6 Å². The van der Waals surface area contributed by atoms with Gasteiger partial charge in [0.1, 0.15) is 0 Å². The summed E-state index contributed by atoms with van der Waals surface area (Å²) in [5, 5.41) is 9.43. The van der Waals surface area contributed by atoms with E-state index in [1.165, 1.54) is 6.92 Å². The Hall–Kier alpha value is -1.84. The van der Waals surface area contributed by atoms with Gasteiger partial charge in [0.25, 0.3) is 0 Å². The van der Waals surface area contributed by atoms with E-state index in [1.807, 2.05) is 32.9 Å². The average Bonchev–Trinajstić information content (AvgIpc) is 2.33. The minimum Gasteiger partial charge on any atom is -0.480 e. The Labute approximate surface area is 119 Å². The Morgan fingerprint density at radius 3 is 2.10 bits per heavy atom. The van der Waals surface area contributed by atoms with Gasteiger partial charge < -0.3 is 9.84 Å². The number of carboxylic acid groups (broad SMARTS) is 1. The number of aryl methyl sites for hydroxylation is 3. The van der Waals surface area contributed by atoms with Crippen molar-refractivity contribution in [2.75, 3.05) is 6.61 Å². The molecule has 0 spiro atoms. The van der Waals surface area contributed by atoms with Crippen molar-refractivity contribution >= 4 is 11.9 Å². The average molecular weight is 278 g/mol. The Morgan fingerprint density at radius 1 is 1.20 bits per heavy atom. The van der Waals surface area contributed by atoms with Crippen molar-refractivity contribution in [1.82, 2.24) is 0 Å². The van der Waals surface area contributed by atoms with E-state index in [9.17, 15) is 14.7 Å². The highest BCUT2D eigenvalue weighted by molar-refractivity contribution is 5.99. The summed E-state index contributed by atoms with van der Waals surface area (Å²) in [6.07, 6.45) is 0.138. The van der Waals surface area contributed by atoms with Crippen LogP contribution in [0.2, 0.25) is 0 Å². The molecule has 0 aliphatic carbocycles. The summed E-state index contributed by atoms with van der Waals surface area (Å²) in [4.78, 5) is 23.5. The van der Waals surface area contributed by atoms with E-state index in [0.717, 1.165) is 22.3 Å². The molecule has 0 aliphatic rings. The smallest absolute Gasteiger partial charge is 0.323 e. The van der Waals surface area contributed by atoms with Gasteiger partial charge in [-0.2, -0.15) is 0 Å². The van der Waals surface area contributed by atoms with Crippen molar-refractivity contribution in [3.63, 3.8) is 0 Å². The van der Waals surface area contributed by atoms with Crippen LogP contribution in [-0.4, -0.2) is 23.7 Å². The summed E-state index contributed by atoms with van der Waals surface area (Å²) in [5.41, 5.74) is 2.46. The molecular weight excluding hydrogens is 256 g/mol. The highest BCUT2D eigenvalue weighted by Gasteiger charge is 2.43. The van der Waals surface area contributed by atoms with Crippen LogP contribution in [0.4, 0.5) is 0 Å². The predicted molar refractivity (Wildman–Crippen MR) is 76.7 cm³/mol. The molecule has 1 aromatic rings. The quantitative estimate of drug-likeness (QED) is 0.664. The molecule has 4 nitrogen and oxygen atoms in total. The fourth-order valence-corrected chi connectivity index (χ4v) is 2.37. The first-order valence-electron chi connectivity index (χ1n) is 6.69. The second-order valence-corrected chi connectivity index (χ2v) is 5.41. The van der Waals surface area contributed by atoms with E-state index in [2.05, 4.69) is 0 Å². The van der Waals surface area contributed by atoms with Crippen molar-refractivity contribution < 1.29 is 19.4 Å². The maximum atomic E-state index is 12.0. The van der Waals surface area contributed by atoms with Gasteiger partial charge in [-0.3, -0.25) is 9.59 Å². The van der Waals surface area contributed by atoms with E-state index in [4.69, 9.17) is 4.74 Å². The van der Waals surface area contributed by atoms with E-state index in [-0.39, 0.29) is 13.0 Å². The molecule has 0 saturated carbocycles. The number of aliphatic carboxylic acids is 1. The highest BCUT2D eigenvalue weighted by Crippen LogP contribution is 2.29. The van der Waals surface area contributed by atoms with Crippen LogP contribution >= 0.6 is 0 Å². The molecule has 0 fully saturated rings. The van der Waals surface area contributed by atoms with Crippen LogP contribution in [0.3, 0.4) is 0 Å². The maximum Gasteiger partial charge on any atom is 0.323 e. The predicted octanol–water partition coefficient (Wildman–Crippen LogP) is 2.81. The number of carbonyl (C=O) groups is 2. The van der Waals surface area contributed by atoms with Gasteiger partial charge in [0.05, 0.1) is 6.61 Å². The number of hydrogen-bond acceptors (Lipinski definition) is 3. The molecule has 0 saturated heterocycles. The molecule has 110 valence electrons. The zero-order valence-electron chi connectivity index (χ0n) is 12.7. The molecule has 4 heteroatoms. The number of carboxylic acids is 1. The molecule has 0 amide bonds. The summed E-state index contributed by atoms with van der Waals surface area (Å²) in [6.45, 7) is 9.12. The fourth-order valence-electron chi connectivity index (χ4n) is 2.37. The first-order valence-corrected chi connectivity index (χ1v) is 6.69. The summed E-state index contributed by atoms with van der Waals surface area (Å²) < 4.78 is 4.92. The van der Waals surface area contributed by atoms with E-state index in [1.54, 1.807) is 6.92 Å². The van der Waals surface area contributed by atoms with Crippen LogP contribution in [-0.2, 0) is 20.7 Å². The molecule has 0 aromatic heterocycles. The summed E-state index contributed by atoms with van der Waals surface area (Å²) in [5.74, 6) is -1.85. The summed E-state index contributed by atoms with van der Waals surface area (Å²) in [7, 11) is 0. The third kappa shape index (κ3) is 3.18. The van der Waals surface area contributed by atoms with E-state index < -0.39 is 17.4 Å². The fraction of sp³-hybridized carbons (Fsp3) is 0.500. The van der Waals surface area contributed by atoms with Crippen molar-refractivity contribution in [2.45, 2.75) is 41.0 Å². The maximum absolute atomic E-state index is 12.0. The van der Waals surface area contributed by atoms with Gasteiger partial charge >= 0.3 is 11.9 Å². The number of hydrogen-bond donors (Lipinski definition) is 1. The molecule has 1 N–H and O–H groups in total. The molecular formula is C16H22O4. The zero-order valence-corrected chi connectivity index (χ0v) is 12.7. The normalized spacial score (nSPS) is 13.7.